The van der Waals surface area contributed by atoms with E-state index in [1.807, 2.05) is 0 Å². The molecular weight excluding hydrogens is 262 g/mol. The summed E-state index contributed by atoms with van der Waals surface area (Å²) in [5, 5.41) is 23.9. The SMILES string of the molecule is O=[N+]([O-])c1ccc2oc(NCC3(O)CCCC3)nc2c1. The third kappa shape index (κ3) is 2.44. The van der Waals surface area contributed by atoms with Crippen LogP contribution in [0.4, 0.5) is 11.7 Å². The Kier molecular flexibility index (Phi) is 3.06. The number of non-ortho nitro benzene ring substituents is 1. The molecule has 0 atom stereocenters. The molecule has 2 aromatic rings. The van der Waals surface area contributed by atoms with Gasteiger partial charge in [-0.2, -0.15) is 4.98 Å². The second-order valence-electron chi connectivity index (χ2n) is 5.21. The van der Waals surface area contributed by atoms with E-state index in [-0.39, 0.29) is 11.7 Å². The molecule has 0 saturated heterocycles. The maximum Gasteiger partial charge on any atom is 0.295 e. The maximum absolute atomic E-state index is 10.7. The molecule has 2 N–H and O–H groups in total. The van der Waals surface area contributed by atoms with Gasteiger partial charge in [0, 0.05) is 18.7 Å². The molecule has 0 aliphatic heterocycles. The van der Waals surface area contributed by atoms with Crippen LogP contribution in [-0.2, 0) is 0 Å². The number of hydrogen-bond donors (Lipinski definition) is 2. The maximum atomic E-state index is 10.7. The summed E-state index contributed by atoms with van der Waals surface area (Å²) in [6.07, 6.45) is 3.59. The summed E-state index contributed by atoms with van der Waals surface area (Å²) < 4.78 is 5.45. The number of hydrogen-bond acceptors (Lipinski definition) is 6. The average molecular weight is 277 g/mol. The van der Waals surface area contributed by atoms with E-state index < -0.39 is 10.5 Å². The zero-order chi connectivity index (χ0) is 14.2. The largest absolute Gasteiger partial charge is 0.424 e. The van der Waals surface area contributed by atoms with Crippen molar-refractivity contribution < 1.29 is 14.4 Å². The highest BCUT2D eigenvalue weighted by molar-refractivity contribution is 5.77. The molecule has 1 aromatic heterocycles. The Morgan fingerprint density at radius 2 is 2.20 bits per heavy atom. The lowest BCUT2D eigenvalue weighted by molar-refractivity contribution is -0.384. The molecule has 106 valence electrons. The molecule has 7 heteroatoms. The molecule has 1 fully saturated rings. The van der Waals surface area contributed by atoms with Crippen LogP contribution >= 0.6 is 0 Å². The monoisotopic (exact) mass is 277 g/mol. The number of nitrogens with zero attached hydrogens (tertiary/aromatic N) is 2. The van der Waals surface area contributed by atoms with Crippen LogP contribution in [0.2, 0.25) is 0 Å². The molecule has 1 saturated carbocycles. The first-order chi connectivity index (χ1) is 9.56. The van der Waals surface area contributed by atoms with Crippen LogP contribution in [0.25, 0.3) is 11.1 Å². The van der Waals surface area contributed by atoms with Gasteiger partial charge in [0.05, 0.1) is 10.5 Å². The Morgan fingerprint density at radius 1 is 1.45 bits per heavy atom. The van der Waals surface area contributed by atoms with Crippen molar-refractivity contribution in [2.24, 2.45) is 0 Å². The zero-order valence-corrected chi connectivity index (χ0v) is 10.8. The number of anilines is 1. The predicted octanol–water partition coefficient (Wildman–Crippen LogP) is 2.45. The zero-order valence-electron chi connectivity index (χ0n) is 10.8. The highest BCUT2D eigenvalue weighted by Crippen LogP contribution is 2.30. The van der Waals surface area contributed by atoms with E-state index in [1.165, 1.54) is 18.2 Å². The molecule has 7 nitrogen and oxygen atoms in total. The third-order valence-corrected chi connectivity index (χ3v) is 3.68. The molecule has 1 aliphatic carbocycles. The molecule has 1 heterocycles. The summed E-state index contributed by atoms with van der Waals surface area (Å²) in [5.74, 6) is 0. The van der Waals surface area contributed by atoms with E-state index in [0.29, 0.717) is 17.6 Å². The Balaban J connectivity index is 1.77. The summed E-state index contributed by atoms with van der Waals surface area (Å²) in [5.41, 5.74) is 0.190. The third-order valence-electron chi connectivity index (χ3n) is 3.68. The van der Waals surface area contributed by atoms with Crippen molar-refractivity contribution in [2.75, 3.05) is 11.9 Å². The number of rotatable bonds is 4. The van der Waals surface area contributed by atoms with E-state index >= 15 is 0 Å². The molecule has 3 rings (SSSR count). The molecule has 0 unspecified atom stereocenters. The fraction of sp³-hybridized carbons (Fsp3) is 0.462. The quantitative estimate of drug-likeness (QED) is 0.657. The number of oxazole rings is 1. The fourth-order valence-electron chi connectivity index (χ4n) is 2.56. The first-order valence-electron chi connectivity index (χ1n) is 6.57. The lowest BCUT2D eigenvalue weighted by Crippen LogP contribution is -2.33. The van der Waals surface area contributed by atoms with Crippen molar-refractivity contribution in [3.8, 4) is 0 Å². The second kappa shape index (κ2) is 4.75. The minimum absolute atomic E-state index is 0.0215. The van der Waals surface area contributed by atoms with Gasteiger partial charge in [0.15, 0.2) is 5.58 Å². The van der Waals surface area contributed by atoms with Crippen molar-refractivity contribution in [3.05, 3.63) is 28.3 Å². The number of benzene rings is 1. The lowest BCUT2D eigenvalue weighted by Gasteiger charge is -2.21. The minimum atomic E-state index is -0.702. The van der Waals surface area contributed by atoms with Gasteiger partial charge >= 0.3 is 0 Å². The van der Waals surface area contributed by atoms with Crippen LogP contribution in [-0.4, -0.2) is 27.2 Å². The number of aliphatic hydroxyl groups is 1. The molecule has 0 bridgehead atoms. The van der Waals surface area contributed by atoms with E-state index in [4.69, 9.17) is 4.42 Å². The highest BCUT2D eigenvalue weighted by atomic mass is 16.6. The van der Waals surface area contributed by atoms with Gasteiger partial charge in [-0.3, -0.25) is 10.1 Å². The molecule has 20 heavy (non-hydrogen) atoms. The normalized spacial score (nSPS) is 17.4. The number of aromatic nitrogens is 1. The van der Waals surface area contributed by atoms with Gasteiger partial charge in [-0.1, -0.05) is 12.8 Å². The molecular formula is C13H15N3O4. The smallest absolute Gasteiger partial charge is 0.295 e. The highest BCUT2D eigenvalue weighted by Gasteiger charge is 2.31. The van der Waals surface area contributed by atoms with E-state index in [9.17, 15) is 15.2 Å². The van der Waals surface area contributed by atoms with Crippen LogP contribution in [0.5, 0.6) is 0 Å². The van der Waals surface area contributed by atoms with Crippen molar-refractivity contribution in [3.63, 3.8) is 0 Å². The molecule has 0 radical (unpaired) electrons. The van der Waals surface area contributed by atoms with Gasteiger partial charge in [0.1, 0.15) is 5.52 Å². The van der Waals surface area contributed by atoms with Crippen LogP contribution in [0.3, 0.4) is 0 Å². The van der Waals surface area contributed by atoms with Gasteiger partial charge in [-0.15, -0.1) is 0 Å². The Morgan fingerprint density at radius 3 is 2.90 bits per heavy atom. The van der Waals surface area contributed by atoms with Gasteiger partial charge in [-0.25, -0.2) is 0 Å². The summed E-state index contributed by atoms with van der Waals surface area (Å²) in [6.45, 7) is 0.377. The number of nitro groups is 1. The summed E-state index contributed by atoms with van der Waals surface area (Å²) in [6, 6.07) is 4.55. The van der Waals surface area contributed by atoms with Crippen LogP contribution in [0.1, 0.15) is 25.7 Å². The number of nitro benzene ring substituents is 1. The Bertz CT molecular complexity index is 646. The Labute approximate surface area is 114 Å². The van der Waals surface area contributed by atoms with Crippen LogP contribution in [0, 0.1) is 10.1 Å². The second-order valence-corrected chi connectivity index (χ2v) is 5.21. The summed E-state index contributed by atoms with van der Waals surface area (Å²) >= 11 is 0. The topological polar surface area (TPSA) is 101 Å². The molecule has 0 amide bonds. The number of fused-ring (bicyclic) bond motifs is 1. The first kappa shape index (κ1) is 12.9. The van der Waals surface area contributed by atoms with Crippen molar-refractivity contribution >= 4 is 22.8 Å². The van der Waals surface area contributed by atoms with Gasteiger partial charge in [0.25, 0.3) is 11.7 Å². The first-order valence-corrected chi connectivity index (χ1v) is 6.57. The lowest BCUT2D eigenvalue weighted by atomic mass is 10.0. The summed E-state index contributed by atoms with van der Waals surface area (Å²) in [4.78, 5) is 14.4. The minimum Gasteiger partial charge on any atom is -0.424 e. The van der Waals surface area contributed by atoms with Crippen LogP contribution in [0.15, 0.2) is 22.6 Å². The van der Waals surface area contributed by atoms with Crippen molar-refractivity contribution in [1.29, 1.82) is 0 Å². The predicted molar refractivity (Wildman–Crippen MR) is 72.6 cm³/mol. The van der Waals surface area contributed by atoms with E-state index in [1.54, 1.807) is 0 Å². The van der Waals surface area contributed by atoms with Crippen molar-refractivity contribution in [2.45, 2.75) is 31.3 Å². The molecule has 1 aliphatic rings. The van der Waals surface area contributed by atoms with Crippen molar-refractivity contribution in [1.82, 2.24) is 4.98 Å². The standard InChI is InChI=1S/C13H15N3O4/c17-13(5-1-2-6-13)8-14-12-15-10-7-9(16(18)19)3-4-11(10)20-12/h3-4,7,17H,1-2,5-6,8H2,(H,14,15). The Hall–Kier alpha value is -2.15. The van der Waals surface area contributed by atoms with E-state index in [2.05, 4.69) is 10.3 Å². The number of nitrogens with one attached hydrogen (secondary N) is 1. The molecule has 0 spiro atoms. The summed E-state index contributed by atoms with van der Waals surface area (Å²) in [7, 11) is 0. The molecule has 1 aromatic carbocycles. The van der Waals surface area contributed by atoms with Gasteiger partial charge in [-0.05, 0) is 18.9 Å². The average Bonchev–Trinajstić information content (AvgIpc) is 3.01. The van der Waals surface area contributed by atoms with Gasteiger partial charge in [0.2, 0.25) is 0 Å². The van der Waals surface area contributed by atoms with Crippen LogP contribution < -0.4 is 5.32 Å². The van der Waals surface area contributed by atoms with E-state index in [0.717, 1.165) is 25.7 Å². The van der Waals surface area contributed by atoms with Gasteiger partial charge < -0.3 is 14.8 Å². The fourth-order valence-corrected chi connectivity index (χ4v) is 2.56.